The summed E-state index contributed by atoms with van der Waals surface area (Å²) in [5, 5.41) is 0.497. The zero-order valence-electron chi connectivity index (χ0n) is 12.3. The van der Waals surface area contributed by atoms with Crippen LogP contribution in [0.4, 0.5) is 0 Å². The van der Waals surface area contributed by atoms with Crippen molar-refractivity contribution in [3.63, 3.8) is 0 Å². The van der Waals surface area contributed by atoms with Crippen molar-refractivity contribution in [2.75, 3.05) is 19.8 Å². The third-order valence-electron chi connectivity index (χ3n) is 2.85. The van der Waals surface area contributed by atoms with Crippen molar-refractivity contribution in [2.24, 2.45) is 0 Å². The van der Waals surface area contributed by atoms with E-state index in [1.165, 1.54) is 0 Å². The quantitative estimate of drug-likeness (QED) is 0.544. The largest absolute Gasteiger partial charge is 0.490 e. The van der Waals surface area contributed by atoms with Gasteiger partial charge in [-0.15, -0.1) is 0 Å². The van der Waals surface area contributed by atoms with Crippen LogP contribution in [0.2, 0.25) is 5.02 Å². The number of carbonyl (C=O) groups is 1. The fourth-order valence-electron chi connectivity index (χ4n) is 1.89. The average molecular weight is 321 g/mol. The van der Waals surface area contributed by atoms with Crippen LogP contribution in [-0.2, 0) is 0 Å². The highest BCUT2D eigenvalue weighted by molar-refractivity contribution is 6.30. The number of carbonyl (C=O) groups excluding carboxylic acids is 1. The van der Waals surface area contributed by atoms with Crippen molar-refractivity contribution >= 4 is 17.9 Å². The lowest BCUT2D eigenvalue weighted by atomic mass is 10.2. The van der Waals surface area contributed by atoms with E-state index in [-0.39, 0.29) is 0 Å². The standard InChI is InChI=1S/C17H17ClO4/c1-2-20-16-5-3-4-6-17(16)22-10-9-21-15-8-7-14(18)11-13(15)12-19/h3-8,11-12H,2,9-10H2,1H3. The van der Waals surface area contributed by atoms with Gasteiger partial charge in [-0.2, -0.15) is 0 Å². The summed E-state index contributed by atoms with van der Waals surface area (Å²) in [6.07, 6.45) is 0.715. The minimum atomic E-state index is 0.308. The van der Waals surface area contributed by atoms with E-state index >= 15 is 0 Å². The van der Waals surface area contributed by atoms with Crippen LogP contribution in [0.25, 0.3) is 0 Å². The molecule has 2 aromatic rings. The molecule has 0 aromatic heterocycles. The molecule has 0 heterocycles. The number of para-hydroxylation sites is 2. The van der Waals surface area contributed by atoms with Gasteiger partial charge in [-0.25, -0.2) is 0 Å². The molecule has 0 atom stereocenters. The van der Waals surface area contributed by atoms with Crippen molar-refractivity contribution in [1.82, 2.24) is 0 Å². The number of rotatable bonds is 8. The minimum absolute atomic E-state index is 0.308. The van der Waals surface area contributed by atoms with E-state index in [1.807, 2.05) is 31.2 Å². The number of hydrogen-bond acceptors (Lipinski definition) is 4. The first kappa shape index (κ1) is 16.2. The number of aldehydes is 1. The Morgan fingerprint density at radius 2 is 1.59 bits per heavy atom. The van der Waals surface area contributed by atoms with Crippen LogP contribution in [0.1, 0.15) is 17.3 Å². The second-order valence-corrected chi connectivity index (χ2v) is 4.81. The van der Waals surface area contributed by atoms with E-state index < -0.39 is 0 Å². The third-order valence-corrected chi connectivity index (χ3v) is 3.08. The highest BCUT2D eigenvalue weighted by Crippen LogP contribution is 2.26. The molecular weight excluding hydrogens is 304 g/mol. The summed E-state index contributed by atoms with van der Waals surface area (Å²) in [5.41, 5.74) is 0.419. The Morgan fingerprint density at radius 1 is 0.955 bits per heavy atom. The molecule has 0 radical (unpaired) electrons. The number of benzene rings is 2. The van der Waals surface area contributed by atoms with E-state index in [0.717, 1.165) is 0 Å². The van der Waals surface area contributed by atoms with Crippen LogP contribution in [0.3, 0.4) is 0 Å². The normalized spacial score (nSPS) is 10.1. The SMILES string of the molecule is CCOc1ccccc1OCCOc1ccc(Cl)cc1C=O. The van der Waals surface area contributed by atoms with Gasteiger partial charge in [-0.3, -0.25) is 4.79 Å². The summed E-state index contributed by atoms with van der Waals surface area (Å²) in [6.45, 7) is 3.14. The summed E-state index contributed by atoms with van der Waals surface area (Å²) in [4.78, 5) is 11.0. The van der Waals surface area contributed by atoms with Crippen LogP contribution in [-0.4, -0.2) is 26.1 Å². The second-order valence-electron chi connectivity index (χ2n) is 4.38. The summed E-state index contributed by atoms with van der Waals surface area (Å²) in [5.74, 6) is 1.85. The first-order valence-corrected chi connectivity index (χ1v) is 7.34. The van der Waals surface area contributed by atoms with Gasteiger partial charge >= 0.3 is 0 Å². The molecule has 0 saturated carbocycles. The molecule has 116 valence electrons. The average Bonchev–Trinajstić information content (AvgIpc) is 2.54. The Labute approximate surface area is 134 Å². The lowest BCUT2D eigenvalue weighted by Crippen LogP contribution is -2.10. The molecule has 0 N–H and O–H groups in total. The first-order chi connectivity index (χ1) is 10.7. The highest BCUT2D eigenvalue weighted by atomic mass is 35.5. The van der Waals surface area contributed by atoms with Crippen molar-refractivity contribution in [3.05, 3.63) is 53.1 Å². The van der Waals surface area contributed by atoms with Crippen molar-refractivity contribution < 1.29 is 19.0 Å². The van der Waals surface area contributed by atoms with Crippen LogP contribution in [0.5, 0.6) is 17.2 Å². The molecule has 0 spiro atoms. The van der Waals surface area contributed by atoms with Gasteiger partial charge in [0.2, 0.25) is 0 Å². The van der Waals surface area contributed by atoms with E-state index in [0.29, 0.717) is 53.9 Å². The van der Waals surface area contributed by atoms with E-state index in [4.69, 9.17) is 25.8 Å². The molecule has 0 unspecified atom stereocenters. The molecule has 4 nitrogen and oxygen atoms in total. The van der Waals surface area contributed by atoms with Gasteiger partial charge in [-0.1, -0.05) is 23.7 Å². The second kappa shape index (κ2) is 8.29. The van der Waals surface area contributed by atoms with Crippen molar-refractivity contribution in [1.29, 1.82) is 0 Å². The smallest absolute Gasteiger partial charge is 0.161 e. The summed E-state index contributed by atoms with van der Waals surface area (Å²) < 4.78 is 16.7. The molecular formula is C17H17ClO4. The van der Waals surface area contributed by atoms with Crippen LogP contribution in [0, 0.1) is 0 Å². The van der Waals surface area contributed by atoms with Gasteiger partial charge in [-0.05, 0) is 37.3 Å². The maximum Gasteiger partial charge on any atom is 0.161 e. The van der Waals surface area contributed by atoms with Crippen LogP contribution >= 0.6 is 11.6 Å². The van der Waals surface area contributed by atoms with Crippen molar-refractivity contribution in [2.45, 2.75) is 6.92 Å². The Hall–Kier alpha value is -2.20. The Bertz CT molecular complexity index is 628. The van der Waals surface area contributed by atoms with E-state index in [2.05, 4.69) is 0 Å². The Morgan fingerprint density at radius 3 is 2.23 bits per heavy atom. The first-order valence-electron chi connectivity index (χ1n) is 6.96. The van der Waals surface area contributed by atoms with Gasteiger partial charge in [0.25, 0.3) is 0 Å². The van der Waals surface area contributed by atoms with Gasteiger partial charge in [0, 0.05) is 5.02 Å². The summed E-state index contributed by atoms with van der Waals surface area (Å²) in [6, 6.07) is 12.4. The molecule has 0 aliphatic rings. The number of halogens is 1. The summed E-state index contributed by atoms with van der Waals surface area (Å²) in [7, 11) is 0. The fraction of sp³-hybridized carbons (Fsp3) is 0.235. The lowest BCUT2D eigenvalue weighted by molar-refractivity contribution is 0.111. The third kappa shape index (κ3) is 4.40. The molecule has 2 rings (SSSR count). The Balaban J connectivity index is 1.89. The summed E-state index contributed by atoms with van der Waals surface area (Å²) >= 11 is 5.83. The number of hydrogen-bond donors (Lipinski definition) is 0. The molecule has 0 fully saturated rings. The van der Waals surface area contributed by atoms with E-state index in [1.54, 1.807) is 18.2 Å². The molecule has 5 heteroatoms. The molecule has 22 heavy (non-hydrogen) atoms. The van der Waals surface area contributed by atoms with Crippen LogP contribution < -0.4 is 14.2 Å². The predicted molar refractivity (Wildman–Crippen MR) is 85.4 cm³/mol. The number of ether oxygens (including phenoxy) is 3. The zero-order valence-corrected chi connectivity index (χ0v) is 13.0. The monoisotopic (exact) mass is 320 g/mol. The highest BCUT2D eigenvalue weighted by Gasteiger charge is 2.06. The van der Waals surface area contributed by atoms with E-state index in [9.17, 15) is 4.79 Å². The van der Waals surface area contributed by atoms with Gasteiger partial charge in [0.15, 0.2) is 17.8 Å². The molecule has 0 aliphatic heterocycles. The maximum absolute atomic E-state index is 11.0. The minimum Gasteiger partial charge on any atom is -0.490 e. The zero-order chi connectivity index (χ0) is 15.8. The van der Waals surface area contributed by atoms with Gasteiger partial charge in [0.1, 0.15) is 19.0 Å². The Kier molecular flexibility index (Phi) is 6.10. The van der Waals surface area contributed by atoms with Crippen LogP contribution in [0.15, 0.2) is 42.5 Å². The molecule has 0 saturated heterocycles. The molecule has 0 amide bonds. The maximum atomic E-state index is 11.0. The fourth-order valence-corrected chi connectivity index (χ4v) is 2.07. The van der Waals surface area contributed by atoms with Crippen molar-refractivity contribution in [3.8, 4) is 17.2 Å². The molecule has 2 aromatic carbocycles. The predicted octanol–water partition coefficient (Wildman–Crippen LogP) is 4.01. The van der Waals surface area contributed by atoms with Gasteiger partial charge in [0.05, 0.1) is 12.2 Å². The molecule has 0 bridgehead atoms. The topological polar surface area (TPSA) is 44.8 Å². The van der Waals surface area contributed by atoms with Gasteiger partial charge < -0.3 is 14.2 Å². The molecule has 0 aliphatic carbocycles. The lowest BCUT2D eigenvalue weighted by Gasteiger charge is -2.12.